The number of nitrogens with zero attached hydrogens (tertiary/aromatic N) is 4. The number of ether oxygens (including phenoxy) is 3. The maximum atomic E-state index is 14.4. The van der Waals surface area contributed by atoms with Gasteiger partial charge in [-0.15, -0.1) is 0 Å². The van der Waals surface area contributed by atoms with Gasteiger partial charge in [-0.05, 0) is 81.2 Å². The zero-order chi connectivity index (χ0) is 44.3. The van der Waals surface area contributed by atoms with Crippen LogP contribution < -0.4 is 20.3 Å². The Labute approximate surface area is 366 Å². The number of carbonyl (C=O) groups is 3. The maximum Gasteiger partial charge on any atom is 0.408 e. The van der Waals surface area contributed by atoms with E-state index in [-0.39, 0.29) is 41.7 Å². The van der Waals surface area contributed by atoms with Crippen molar-refractivity contribution >= 4 is 17.9 Å². The molecule has 0 bridgehead atoms. The lowest BCUT2D eigenvalue weighted by Crippen LogP contribution is -2.48. The van der Waals surface area contributed by atoms with Gasteiger partial charge in [0.25, 0.3) is 5.91 Å². The number of benzene rings is 3. The summed E-state index contributed by atoms with van der Waals surface area (Å²) in [6.07, 6.45) is 4.42. The molecule has 2 aromatic heterocycles. The monoisotopic (exact) mass is 856 g/mol. The Morgan fingerprint density at radius 2 is 1.30 bits per heavy atom. The van der Waals surface area contributed by atoms with Gasteiger partial charge < -0.3 is 44.5 Å². The molecule has 5 aromatic rings. The van der Waals surface area contributed by atoms with Crippen LogP contribution in [0.3, 0.4) is 0 Å². The Kier molecular flexibility index (Phi) is 11.0. The number of alkyl carbamates (subject to hydrolysis) is 1. The number of aromatic amines is 2. The lowest BCUT2D eigenvalue weighted by molar-refractivity contribution is -0.139. The van der Waals surface area contributed by atoms with Crippen LogP contribution in [0.5, 0.6) is 11.5 Å². The van der Waals surface area contributed by atoms with Gasteiger partial charge >= 0.3 is 6.09 Å². The molecule has 6 atom stereocenters. The first kappa shape index (κ1) is 42.1. The van der Waals surface area contributed by atoms with Crippen molar-refractivity contribution in [3.05, 3.63) is 95.3 Å². The number of H-pyrrole nitrogens is 2. The van der Waals surface area contributed by atoms with E-state index >= 15 is 0 Å². The zero-order valence-electron chi connectivity index (χ0n) is 36.8. The second-order valence-electron chi connectivity index (χ2n) is 19.0. The molecule has 63 heavy (non-hydrogen) atoms. The van der Waals surface area contributed by atoms with E-state index in [1.54, 1.807) is 33.2 Å². The fourth-order valence-corrected chi connectivity index (χ4v) is 9.59. The van der Waals surface area contributed by atoms with Crippen molar-refractivity contribution in [2.75, 3.05) is 13.1 Å². The molecule has 6 heterocycles. The minimum atomic E-state index is -0.938. The van der Waals surface area contributed by atoms with E-state index in [1.807, 2.05) is 66.1 Å². The van der Waals surface area contributed by atoms with Crippen LogP contribution >= 0.6 is 0 Å². The van der Waals surface area contributed by atoms with Gasteiger partial charge in [-0.1, -0.05) is 58.0 Å². The van der Waals surface area contributed by atoms with E-state index in [4.69, 9.17) is 24.2 Å². The molecule has 0 aliphatic carbocycles. The lowest BCUT2D eigenvalue weighted by Gasteiger charge is -2.30. The Bertz CT molecular complexity index is 2490. The Morgan fingerprint density at radius 1 is 0.794 bits per heavy atom. The van der Waals surface area contributed by atoms with Gasteiger partial charge in [-0.25, -0.2) is 14.8 Å². The average molecular weight is 857 g/mol. The molecule has 0 radical (unpaired) electrons. The van der Waals surface area contributed by atoms with E-state index in [2.05, 4.69) is 46.7 Å². The lowest BCUT2D eigenvalue weighted by atomic mass is 9.87. The van der Waals surface area contributed by atoms with Gasteiger partial charge in [-0.3, -0.25) is 9.59 Å². The summed E-state index contributed by atoms with van der Waals surface area (Å²) in [6, 6.07) is 15.3. The first-order chi connectivity index (χ1) is 30.1. The van der Waals surface area contributed by atoms with Crippen molar-refractivity contribution in [3.8, 4) is 45.1 Å². The third-order valence-electron chi connectivity index (χ3n) is 12.5. The van der Waals surface area contributed by atoms with Crippen molar-refractivity contribution in [2.45, 2.75) is 104 Å². The summed E-state index contributed by atoms with van der Waals surface area (Å²) in [7, 11) is 0. The minimum Gasteiger partial charge on any atom is -0.488 e. The second kappa shape index (κ2) is 16.5. The number of amides is 3. The van der Waals surface area contributed by atoms with Gasteiger partial charge in [0.15, 0.2) is 0 Å². The van der Waals surface area contributed by atoms with Crippen molar-refractivity contribution in [1.29, 1.82) is 0 Å². The van der Waals surface area contributed by atoms with Crippen molar-refractivity contribution in [1.82, 2.24) is 40.5 Å². The Balaban J connectivity index is 0.956. The maximum absolute atomic E-state index is 14.4. The van der Waals surface area contributed by atoms with E-state index in [0.717, 1.165) is 62.7 Å². The molecule has 330 valence electrons. The predicted octanol–water partition coefficient (Wildman–Crippen LogP) is 8.01. The molecule has 2 saturated heterocycles. The summed E-state index contributed by atoms with van der Waals surface area (Å²) in [5, 5.41) is 12.6. The highest BCUT2D eigenvalue weighted by Gasteiger charge is 2.42. The Hall–Kier alpha value is -6.19. The second-order valence-corrected chi connectivity index (χ2v) is 19.0. The molecule has 15 heteroatoms. The molecular weight excluding hydrogens is 801 g/mol. The predicted molar refractivity (Wildman–Crippen MR) is 234 cm³/mol. The molecule has 3 aromatic carbocycles. The summed E-state index contributed by atoms with van der Waals surface area (Å²) < 4.78 is 18.5. The van der Waals surface area contributed by atoms with Gasteiger partial charge in [0.2, 0.25) is 5.91 Å². The summed E-state index contributed by atoms with van der Waals surface area (Å²) in [5.41, 5.74) is 9.57. The molecule has 0 spiro atoms. The van der Waals surface area contributed by atoms with Crippen LogP contribution in [0.2, 0.25) is 0 Å². The van der Waals surface area contributed by atoms with Gasteiger partial charge in [0, 0.05) is 46.5 Å². The largest absolute Gasteiger partial charge is 0.488 e. The number of rotatable bonds is 10. The van der Waals surface area contributed by atoms with Gasteiger partial charge in [-0.2, -0.15) is 5.48 Å². The number of nitrogens with one attached hydrogen (secondary N) is 4. The number of hydroxylamine groups is 1. The molecule has 5 N–H and O–H groups in total. The van der Waals surface area contributed by atoms with Crippen molar-refractivity contribution < 1.29 is 33.8 Å². The summed E-state index contributed by atoms with van der Waals surface area (Å²) in [5.74, 6) is 2.95. The molecule has 15 nitrogen and oxygen atoms in total. The minimum absolute atomic E-state index is 0.0791. The van der Waals surface area contributed by atoms with Gasteiger partial charge in [0.05, 0.1) is 35.9 Å². The van der Waals surface area contributed by atoms with E-state index in [0.29, 0.717) is 49.9 Å². The van der Waals surface area contributed by atoms with E-state index in [1.165, 1.54) is 0 Å². The first-order valence-corrected chi connectivity index (χ1v) is 21.9. The normalized spacial score (nSPS) is 21.1. The van der Waals surface area contributed by atoms with Crippen LogP contribution in [0.25, 0.3) is 33.6 Å². The highest BCUT2D eigenvalue weighted by Crippen LogP contribution is 2.51. The summed E-state index contributed by atoms with van der Waals surface area (Å²) in [4.78, 5) is 61.2. The highest BCUT2D eigenvalue weighted by atomic mass is 16.6. The third-order valence-corrected chi connectivity index (χ3v) is 12.5. The average Bonchev–Trinajstić information content (AvgIpc) is 4.08. The number of hydrogen-bond acceptors (Lipinski definition) is 10. The fourth-order valence-electron chi connectivity index (χ4n) is 9.59. The van der Waals surface area contributed by atoms with Crippen LogP contribution in [-0.4, -0.2) is 77.6 Å². The molecule has 0 saturated carbocycles. The molecule has 4 aliphatic heterocycles. The fraction of sp³-hybridized carbons (Fsp3) is 0.438. The van der Waals surface area contributed by atoms with Gasteiger partial charge in [0.1, 0.15) is 54.0 Å². The molecule has 4 aliphatic rings. The topological polar surface area (TPSA) is 187 Å². The molecule has 2 fully saturated rings. The van der Waals surface area contributed by atoms with Crippen LogP contribution in [0.4, 0.5) is 4.79 Å². The van der Waals surface area contributed by atoms with Crippen molar-refractivity contribution in [3.63, 3.8) is 0 Å². The molecule has 0 unspecified atom stereocenters. The van der Waals surface area contributed by atoms with Crippen LogP contribution in [-0.2, 0) is 27.5 Å². The van der Waals surface area contributed by atoms with E-state index in [9.17, 15) is 19.6 Å². The summed E-state index contributed by atoms with van der Waals surface area (Å²) in [6.45, 7) is 15.2. The van der Waals surface area contributed by atoms with E-state index < -0.39 is 23.8 Å². The summed E-state index contributed by atoms with van der Waals surface area (Å²) >= 11 is 0. The number of likely N-dealkylation sites (tertiary alicyclic amines) is 2. The third kappa shape index (κ3) is 8.15. The number of aromatic nitrogens is 4. The van der Waals surface area contributed by atoms with Crippen LogP contribution in [0.1, 0.15) is 108 Å². The molecule has 9 rings (SSSR count). The molecular formula is C48H56N8O7. The van der Waals surface area contributed by atoms with Crippen LogP contribution in [0, 0.1) is 17.8 Å². The number of hydrogen-bond donors (Lipinski definition) is 5. The van der Waals surface area contributed by atoms with Crippen molar-refractivity contribution in [2.24, 2.45) is 17.8 Å². The SMILES string of the molecule is CC(C)[C@H](NO)C(=O)N1C[C@@H](C)C[C@H]1c1ncc(-c2cc3c4c(c2)OCc2cc(-c5cnc([C@@H]6C[C@H](C)CN6C(=O)[C@H](NC(=O)OC(C)(C)C)c6ccccc6)[nH]5)cc(c2-4)OC3)[nH]1. The Morgan fingerprint density at radius 3 is 1.78 bits per heavy atom. The first-order valence-electron chi connectivity index (χ1n) is 21.9. The molecule has 3 amide bonds. The smallest absolute Gasteiger partial charge is 0.408 e. The number of imidazole rings is 2. The zero-order valence-corrected chi connectivity index (χ0v) is 36.8. The van der Waals surface area contributed by atoms with Crippen LogP contribution in [0.15, 0.2) is 67.0 Å². The quantitative estimate of drug-likeness (QED) is 0.0862. The number of carbonyl (C=O) groups excluding carboxylic acids is 3. The standard InChI is InChI=1S/C48H56N8O7/c1-25(2)41(54-60)45(57)55-21-26(3)13-35(55)43-49-19-33(51-43)29-15-31-23-62-38-18-30(16-32-24-61-37(17-29)39(31)40(32)38)34-20-50-44(52-34)36-14-27(4)22-56(36)46(58)42(28-11-9-8-10-12-28)53-47(59)63-48(5,6)7/h8-12,15-20,25-27,35-36,41-42,54,60H,13-14,21-24H2,1-7H3,(H,49,51)(H,50,52)(H,53,59)/t26-,27-,35-,36-,41-,42+/m0/s1. The highest BCUT2D eigenvalue weighted by molar-refractivity contribution is 5.89.